The molecule has 0 radical (unpaired) electrons. The second-order valence-corrected chi connectivity index (χ2v) is 3.74. The summed E-state index contributed by atoms with van der Waals surface area (Å²) in [6, 6.07) is 3.69. The molecule has 0 bridgehead atoms. The van der Waals surface area contributed by atoms with Crippen molar-refractivity contribution in [2.75, 3.05) is 0 Å². The summed E-state index contributed by atoms with van der Waals surface area (Å²) in [4.78, 5) is 4.29. The first-order valence-electron chi connectivity index (χ1n) is 4.42. The molecule has 1 unspecified atom stereocenters. The van der Waals surface area contributed by atoms with Crippen molar-refractivity contribution in [2.24, 2.45) is 5.73 Å². The van der Waals surface area contributed by atoms with Crippen LogP contribution in [0.2, 0.25) is 5.02 Å². The number of fused-ring (bicyclic) bond motifs is 1. The number of pyridine rings is 1. The van der Waals surface area contributed by atoms with Gasteiger partial charge in [-0.2, -0.15) is 5.10 Å². The Labute approximate surface area is 86.7 Å². The van der Waals surface area contributed by atoms with Gasteiger partial charge in [-0.15, -0.1) is 0 Å². The summed E-state index contributed by atoms with van der Waals surface area (Å²) >= 11 is 5.95. The lowest BCUT2D eigenvalue weighted by Gasteiger charge is -1.97. The van der Waals surface area contributed by atoms with Crippen LogP contribution in [-0.4, -0.2) is 20.6 Å². The first kappa shape index (κ1) is 9.43. The zero-order valence-electron chi connectivity index (χ0n) is 7.81. The number of hydrogen-bond donors (Lipinski definition) is 1. The highest BCUT2D eigenvalue weighted by Crippen LogP contribution is 2.14. The maximum atomic E-state index is 5.95. The van der Waals surface area contributed by atoms with E-state index in [4.69, 9.17) is 17.3 Å². The van der Waals surface area contributed by atoms with Crippen molar-refractivity contribution in [3.63, 3.8) is 0 Å². The Kier molecular flexibility index (Phi) is 2.39. The van der Waals surface area contributed by atoms with Crippen molar-refractivity contribution < 1.29 is 0 Å². The lowest BCUT2D eigenvalue weighted by molar-refractivity contribution is 0.700. The van der Waals surface area contributed by atoms with Crippen LogP contribution in [0.15, 0.2) is 18.3 Å². The van der Waals surface area contributed by atoms with E-state index in [1.165, 1.54) is 0 Å². The van der Waals surface area contributed by atoms with Gasteiger partial charge >= 0.3 is 0 Å². The standard InChI is InChI=1S/C9H11ClN4/c1-6(11)5-8-12-9-7(10)3-2-4-14(9)13-8/h2-4,6H,5,11H2,1H3. The van der Waals surface area contributed by atoms with Crippen LogP contribution in [0.4, 0.5) is 0 Å². The Bertz CT molecular complexity index is 449. The fraction of sp³-hybridized carbons (Fsp3) is 0.333. The van der Waals surface area contributed by atoms with Crippen molar-refractivity contribution in [1.82, 2.24) is 14.6 Å². The van der Waals surface area contributed by atoms with E-state index in [0.717, 1.165) is 5.82 Å². The summed E-state index contributed by atoms with van der Waals surface area (Å²) in [7, 11) is 0. The molecule has 74 valence electrons. The summed E-state index contributed by atoms with van der Waals surface area (Å²) in [6.45, 7) is 1.92. The molecule has 2 aromatic heterocycles. The molecule has 0 fully saturated rings. The van der Waals surface area contributed by atoms with Crippen LogP contribution in [0.1, 0.15) is 12.7 Å². The van der Waals surface area contributed by atoms with E-state index in [1.807, 2.05) is 19.2 Å². The number of rotatable bonds is 2. The van der Waals surface area contributed by atoms with Gasteiger partial charge in [0.25, 0.3) is 0 Å². The quantitative estimate of drug-likeness (QED) is 0.812. The minimum absolute atomic E-state index is 0.0613. The van der Waals surface area contributed by atoms with Gasteiger partial charge in [0.05, 0.1) is 5.02 Å². The monoisotopic (exact) mass is 210 g/mol. The Balaban J connectivity index is 2.46. The summed E-state index contributed by atoms with van der Waals surface area (Å²) in [5, 5.41) is 4.86. The zero-order chi connectivity index (χ0) is 10.1. The average Bonchev–Trinajstić information content (AvgIpc) is 2.47. The first-order chi connectivity index (χ1) is 6.66. The van der Waals surface area contributed by atoms with Crippen LogP contribution < -0.4 is 5.73 Å². The predicted octanol–water partition coefficient (Wildman–Crippen LogP) is 1.27. The Morgan fingerprint density at radius 3 is 3.07 bits per heavy atom. The Morgan fingerprint density at radius 1 is 1.64 bits per heavy atom. The van der Waals surface area contributed by atoms with E-state index < -0.39 is 0 Å². The second-order valence-electron chi connectivity index (χ2n) is 3.33. The van der Waals surface area contributed by atoms with Crippen LogP contribution in [0, 0.1) is 0 Å². The third-order valence-electron chi connectivity index (χ3n) is 1.86. The first-order valence-corrected chi connectivity index (χ1v) is 4.80. The molecule has 0 saturated heterocycles. The molecule has 0 aromatic carbocycles. The molecule has 2 N–H and O–H groups in total. The summed E-state index contributed by atoms with van der Waals surface area (Å²) < 4.78 is 1.67. The highest BCUT2D eigenvalue weighted by Gasteiger charge is 2.07. The third kappa shape index (κ3) is 1.71. The lowest BCUT2D eigenvalue weighted by atomic mass is 10.2. The normalized spacial score (nSPS) is 13.4. The van der Waals surface area contributed by atoms with Crippen LogP contribution in [0.3, 0.4) is 0 Å². The summed E-state index contributed by atoms with van der Waals surface area (Å²) in [5.74, 6) is 0.730. The Morgan fingerprint density at radius 2 is 2.43 bits per heavy atom. The summed E-state index contributed by atoms with van der Waals surface area (Å²) in [6.07, 6.45) is 2.48. The number of halogens is 1. The van der Waals surface area contributed by atoms with Crippen LogP contribution >= 0.6 is 11.6 Å². The molecule has 2 aromatic rings. The smallest absolute Gasteiger partial charge is 0.174 e. The SMILES string of the molecule is CC(N)Cc1nc2c(Cl)cccn2n1. The molecule has 2 heterocycles. The number of nitrogens with zero attached hydrogens (tertiary/aromatic N) is 3. The minimum Gasteiger partial charge on any atom is -0.328 e. The van der Waals surface area contributed by atoms with E-state index >= 15 is 0 Å². The lowest BCUT2D eigenvalue weighted by Crippen LogP contribution is -2.18. The van der Waals surface area contributed by atoms with Crippen LogP contribution in [-0.2, 0) is 6.42 Å². The van der Waals surface area contributed by atoms with E-state index in [2.05, 4.69) is 10.1 Å². The molecule has 14 heavy (non-hydrogen) atoms. The molecule has 5 heteroatoms. The van der Waals surface area contributed by atoms with Gasteiger partial charge in [0, 0.05) is 18.7 Å². The maximum absolute atomic E-state index is 5.95. The van der Waals surface area contributed by atoms with Crippen molar-refractivity contribution in [3.8, 4) is 0 Å². The fourth-order valence-corrected chi connectivity index (χ4v) is 1.49. The molecule has 0 saturated carbocycles. The largest absolute Gasteiger partial charge is 0.328 e. The van der Waals surface area contributed by atoms with E-state index in [-0.39, 0.29) is 6.04 Å². The molecule has 2 rings (SSSR count). The predicted molar refractivity (Wildman–Crippen MR) is 55.4 cm³/mol. The van der Waals surface area contributed by atoms with Crippen molar-refractivity contribution in [3.05, 3.63) is 29.2 Å². The molecule has 0 aliphatic rings. The maximum Gasteiger partial charge on any atom is 0.174 e. The van der Waals surface area contributed by atoms with E-state index in [9.17, 15) is 0 Å². The van der Waals surface area contributed by atoms with Gasteiger partial charge in [0.2, 0.25) is 0 Å². The van der Waals surface area contributed by atoms with Gasteiger partial charge in [-0.3, -0.25) is 0 Å². The highest BCUT2D eigenvalue weighted by molar-refractivity contribution is 6.33. The zero-order valence-corrected chi connectivity index (χ0v) is 8.57. The van der Waals surface area contributed by atoms with Crippen molar-refractivity contribution >= 4 is 17.2 Å². The number of hydrogen-bond acceptors (Lipinski definition) is 3. The van der Waals surface area contributed by atoms with Gasteiger partial charge in [-0.05, 0) is 19.1 Å². The summed E-state index contributed by atoms with van der Waals surface area (Å²) in [5.41, 5.74) is 6.35. The average molecular weight is 211 g/mol. The molecular formula is C9H11ClN4. The van der Waals surface area contributed by atoms with Crippen LogP contribution in [0.5, 0.6) is 0 Å². The second kappa shape index (κ2) is 3.55. The Hall–Kier alpha value is -1.13. The molecule has 0 aliphatic carbocycles. The molecule has 1 atom stereocenters. The molecule has 0 aliphatic heterocycles. The topological polar surface area (TPSA) is 56.2 Å². The van der Waals surface area contributed by atoms with Gasteiger partial charge in [-0.25, -0.2) is 9.50 Å². The van der Waals surface area contributed by atoms with Gasteiger partial charge in [-0.1, -0.05) is 11.6 Å². The number of nitrogens with two attached hydrogens (primary N) is 1. The van der Waals surface area contributed by atoms with Gasteiger partial charge < -0.3 is 5.73 Å². The number of aromatic nitrogens is 3. The van der Waals surface area contributed by atoms with E-state index in [1.54, 1.807) is 10.6 Å². The third-order valence-corrected chi connectivity index (χ3v) is 2.16. The fourth-order valence-electron chi connectivity index (χ4n) is 1.29. The molecule has 0 amide bonds. The highest BCUT2D eigenvalue weighted by atomic mass is 35.5. The van der Waals surface area contributed by atoms with Crippen molar-refractivity contribution in [1.29, 1.82) is 0 Å². The van der Waals surface area contributed by atoms with Gasteiger partial charge in [0.15, 0.2) is 11.5 Å². The molecule has 0 spiro atoms. The molecule has 4 nitrogen and oxygen atoms in total. The van der Waals surface area contributed by atoms with E-state index in [0.29, 0.717) is 17.1 Å². The van der Waals surface area contributed by atoms with Crippen molar-refractivity contribution in [2.45, 2.75) is 19.4 Å². The van der Waals surface area contributed by atoms with Gasteiger partial charge in [0.1, 0.15) is 0 Å². The molecular weight excluding hydrogens is 200 g/mol. The minimum atomic E-state index is 0.0613. The van der Waals surface area contributed by atoms with Crippen LogP contribution in [0.25, 0.3) is 5.65 Å².